The van der Waals surface area contributed by atoms with Crippen molar-refractivity contribution in [3.8, 4) is 0 Å². The zero-order valence-corrected chi connectivity index (χ0v) is 16.7. The van der Waals surface area contributed by atoms with Gasteiger partial charge in [0.15, 0.2) is 12.2 Å². The molecule has 7 heteroatoms. The van der Waals surface area contributed by atoms with Crippen LogP contribution in [0, 0.1) is 0 Å². The van der Waals surface area contributed by atoms with Crippen molar-refractivity contribution in [3.05, 3.63) is 70.9 Å². The number of guanidine groups is 1. The third-order valence-corrected chi connectivity index (χ3v) is 5.00. The van der Waals surface area contributed by atoms with Gasteiger partial charge in [0, 0.05) is 13.6 Å². The summed E-state index contributed by atoms with van der Waals surface area (Å²) in [6, 6.07) is 16.0. The second-order valence-corrected chi connectivity index (χ2v) is 7.05. The Balaban J connectivity index is 1.76. The second kappa shape index (κ2) is 9.77. The summed E-state index contributed by atoms with van der Waals surface area (Å²) in [6.07, 6.45) is 2.59. The largest absolute Gasteiger partial charge is 0.348 e. The van der Waals surface area contributed by atoms with Gasteiger partial charge in [-0.1, -0.05) is 36.4 Å². The fraction of sp³-hybridized carbons (Fsp3) is 0.190. The Morgan fingerprint density at radius 1 is 1.25 bits per heavy atom. The molecule has 0 aliphatic heterocycles. The van der Waals surface area contributed by atoms with Crippen LogP contribution in [0.4, 0.5) is 0 Å². The van der Waals surface area contributed by atoms with Crippen molar-refractivity contribution < 1.29 is 4.79 Å². The standard InChI is InChI=1S/C21H23N5OS/c1-22-12-19(16-6-4-3-5-7-16)26-21(23-2)25-17(13-27)10-15-8-9-18-20(11-15)28-14-24-18/h3-11,13-14,19,22H,12H2,1-2H3,(H2,23,25,26)/b17-10-. The fourth-order valence-electron chi connectivity index (χ4n) is 2.84. The number of nitrogens with zero attached hydrogens (tertiary/aromatic N) is 2. The van der Waals surface area contributed by atoms with E-state index in [2.05, 4.69) is 38.1 Å². The lowest BCUT2D eigenvalue weighted by Gasteiger charge is -2.21. The maximum atomic E-state index is 11.6. The summed E-state index contributed by atoms with van der Waals surface area (Å²) in [4.78, 5) is 20.2. The van der Waals surface area contributed by atoms with Crippen LogP contribution in [0.2, 0.25) is 0 Å². The van der Waals surface area contributed by atoms with Crippen LogP contribution >= 0.6 is 11.3 Å². The van der Waals surface area contributed by atoms with Crippen LogP contribution in [0.25, 0.3) is 16.3 Å². The molecule has 3 rings (SSSR count). The zero-order valence-electron chi connectivity index (χ0n) is 15.8. The molecule has 3 N–H and O–H groups in total. The summed E-state index contributed by atoms with van der Waals surface area (Å²) in [5, 5.41) is 9.64. The lowest BCUT2D eigenvalue weighted by molar-refractivity contribution is -0.105. The lowest BCUT2D eigenvalue weighted by Crippen LogP contribution is -2.42. The molecule has 1 unspecified atom stereocenters. The predicted octanol–water partition coefficient (Wildman–Crippen LogP) is 2.96. The van der Waals surface area contributed by atoms with Crippen LogP contribution in [0.5, 0.6) is 0 Å². The first-order chi connectivity index (χ1) is 13.7. The van der Waals surface area contributed by atoms with Crippen molar-refractivity contribution in [1.82, 2.24) is 20.9 Å². The van der Waals surface area contributed by atoms with Crippen LogP contribution in [0.3, 0.4) is 0 Å². The zero-order chi connectivity index (χ0) is 19.8. The molecule has 0 saturated carbocycles. The van der Waals surface area contributed by atoms with E-state index in [0.29, 0.717) is 18.2 Å². The quantitative estimate of drug-likeness (QED) is 0.249. The maximum absolute atomic E-state index is 11.6. The van der Waals surface area contributed by atoms with Gasteiger partial charge in [-0.05, 0) is 36.4 Å². The first kappa shape index (κ1) is 19.7. The van der Waals surface area contributed by atoms with Crippen LogP contribution < -0.4 is 16.0 Å². The number of aldehydes is 1. The number of hydrogen-bond acceptors (Lipinski definition) is 5. The SMILES string of the molecule is CN=C(N/C(C=O)=C\c1ccc2ncsc2c1)NC(CNC)c1ccccc1. The van der Waals surface area contributed by atoms with E-state index in [1.165, 1.54) is 0 Å². The molecule has 28 heavy (non-hydrogen) atoms. The Morgan fingerprint density at radius 2 is 2.07 bits per heavy atom. The molecule has 3 aromatic rings. The maximum Gasteiger partial charge on any atom is 0.196 e. The average Bonchev–Trinajstić information content (AvgIpc) is 3.20. The van der Waals surface area contributed by atoms with E-state index in [0.717, 1.165) is 27.6 Å². The summed E-state index contributed by atoms with van der Waals surface area (Å²) in [6.45, 7) is 0.715. The van der Waals surface area contributed by atoms with Crippen LogP contribution in [0.1, 0.15) is 17.2 Å². The van der Waals surface area contributed by atoms with E-state index in [1.54, 1.807) is 24.5 Å². The molecular weight excluding hydrogens is 370 g/mol. The summed E-state index contributed by atoms with van der Waals surface area (Å²) >= 11 is 1.57. The molecule has 6 nitrogen and oxygen atoms in total. The van der Waals surface area contributed by atoms with Gasteiger partial charge in [-0.15, -0.1) is 11.3 Å². The third kappa shape index (κ3) is 5.03. The number of rotatable bonds is 7. The molecule has 0 fully saturated rings. The fourth-order valence-corrected chi connectivity index (χ4v) is 3.57. The Hall–Kier alpha value is -3.03. The molecule has 0 radical (unpaired) electrons. The lowest BCUT2D eigenvalue weighted by atomic mass is 10.1. The van der Waals surface area contributed by atoms with E-state index < -0.39 is 0 Å². The van der Waals surface area contributed by atoms with E-state index in [9.17, 15) is 4.79 Å². The van der Waals surface area contributed by atoms with E-state index in [4.69, 9.17) is 0 Å². The first-order valence-electron chi connectivity index (χ1n) is 8.93. The molecule has 0 spiro atoms. The van der Waals surface area contributed by atoms with Crippen molar-refractivity contribution in [2.75, 3.05) is 20.6 Å². The Labute approximate surface area is 168 Å². The van der Waals surface area contributed by atoms with Gasteiger partial charge in [0.25, 0.3) is 0 Å². The summed E-state index contributed by atoms with van der Waals surface area (Å²) in [5.74, 6) is 0.529. The molecule has 0 saturated heterocycles. The molecule has 0 amide bonds. The predicted molar refractivity (Wildman–Crippen MR) is 116 cm³/mol. The second-order valence-electron chi connectivity index (χ2n) is 6.16. The van der Waals surface area contributed by atoms with Gasteiger partial charge in [-0.3, -0.25) is 9.79 Å². The molecular formula is C21H23N5OS. The number of aromatic nitrogens is 1. The van der Waals surface area contributed by atoms with Crippen LogP contribution in [0.15, 0.2) is 64.7 Å². The minimum Gasteiger partial charge on any atom is -0.348 e. The van der Waals surface area contributed by atoms with Crippen molar-refractivity contribution in [3.63, 3.8) is 0 Å². The average molecular weight is 394 g/mol. The molecule has 1 atom stereocenters. The minimum absolute atomic E-state index is 0.0128. The van der Waals surface area contributed by atoms with Gasteiger partial charge < -0.3 is 16.0 Å². The topological polar surface area (TPSA) is 78.4 Å². The molecule has 0 bridgehead atoms. The van der Waals surface area contributed by atoms with Gasteiger partial charge in [-0.25, -0.2) is 4.98 Å². The number of allylic oxidation sites excluding steroid dienone is 1. The summed E-state index contributed by atoms with van der Waals surface area (Å²) < 4.78 is 1.08. The number of benzene rings is 2. The Bertz CT molecular complexity index is 981. The van der Waals surface area contributed by atoms with Gasteiger partial charge >= 0.3 is 0 Å². The Morgan fingerprint density at radius 3 is 2.79 bits per heavy atom. The van der Waals surface area contributed by atoms with Crippen LogP contribution in [-0.4, -0.2) is 37.9 Å². The van der Waals surface area contributed by atoms with Gasteiger partial charge in [0.2, 0.25) is 0 Å². The molecule has 0 aliphatic rings. The van der Waals surface area contributed by atoms with Crippen molar-refractivity contribution >= 4 is 39.9 Å². The molecule has 1 heterocycles. The normalized spacial score (nSPS) is 13.4. The highest BCUT2D eigenvalue weighted by atomic mass is 32.1. The minimum atomic E-state index is 0.0128. The highest BCUT2D eigenvalue weighted by Crippen LogP contribution is 2.20. The van der Waals surface area contributed by atoms with Gasteiger partial charge in [0.05, 0.1) is 27.5 Å². The number of likely N-dealkylation sites (N-methyl/N-ethyl adjacent to an activating group) is 1. The third-order valence-electron chi connectivity index (χ3n) is 4.21. The van der Waals surface area contributed by atoms with Crippen molar-refractivity contribution in [2.24, 2.45) is 4.99 Å². The monoisotopic (exact) mass is 393 g/mol. The number of nitrogens with one attached hydrogen (secondary N) is 3. The highest BCUT2D eigenvalue weighted by molar-refractivity contribution is 7.16. The number of hydrogen-bond donors (Lipinski definition) is 3. The highest BCUT2D eigenvalue weighted by Gasteiger charge is 2.13. The molecule has 1 aromatic heterocycles. The number of fused-ring (bicyclic) bond motifs is 1. The molecule has 2 aromatic carbocycles. The van der Waals surface area contributed by atoms with Crippen LogP contribution in [-0.2, 0) is 4.79 Å². The molecule has 144 valence electrons. The summed E-state index contributed by atoms with van der Waals surface area (Å²) in [7, 11) is 3.59. The van der Waals surface area contributed by atoms with Crippen molar-refractivity contribution in [2.45, 2.75) is 6.04 Å². The number of carbonyl (C=O) groups is 1. The first-order valence-corrected chi connectivity index (χ1v) is 9.81. The van der Waals surface area contributed by atoms with E-state index >= 15 is 0 Å². The van der Waals surface area contributed by atoms with Crippen molar-refractivity contribution in [1.29, 1.82) is 0 Å². The number of aliphatic imine (C=N–C) groups is 1. The van der Waals surface area contributed by atoms with E-state index in [1.807, 2.05) is 49.0 Å². The van der Waals surface area contributed by atoms with Gasteiger partial charge in [0.1, 0.15) is 0 Å². The Kier molecular flexibility index (Phi) is 6.89. The summed E-state index contributed by atoms with van der Waals surface area (Å²) in [5.41, 5.74) is 5.25. The number of carbonyl (C=O) groups excluding carboxylic acids is 1. The molecule has 0 aliphatic carbocycles. The smallest absolute Gasteiger partial charge is 0.196 e. The van der Waals surface area contributed by atoms with Gasteiger partial charge in [-0.2, -0.15) is 0 Å². The number of thiazole rings is 1. The van der Waals surface area contributed by atoms with E-state index in [-0.39, 0.29) is 6.04 Å².